The topological polar surface area (TPSA) is 20.2 Å². The van der Waals surface area contributed by atoms with E-state index < -0.39 is 0 Å². The highest BCUT2D eigenvalue weighted by molar-refractivity contribution is 5.11. The summed E-state index contributed by atoms with van der Waals surface area (Å²) >= 11 is 0. The lowest BCUT2D eigenvalue weighted by Gasteiger charge is -2.09. The molecule has 0 spiro atoms. The Bertz CT molecular complexity index is 138. The molecular weight excluding hydrogens is 148 g/mol. The summed E-state index contributed by atoms with van der Waals surface area (Å²) in [5.74, 6) is 0. The highest BCUT2D eigenvalue weighted by atomic mass is 16.3. The minimum Gasteiger partial charge on any atom is -0.393 e. The van der Waals surface area contributed by atoms with Crippen LogP contribution >= 0.6 is 0 Å². The number of aliphatic hydroxyl groups excluding tert-OH is 1. The summed E-state index contributed by atoms with van der Waals surface area (Å²) in [5, 5.41) is 9.47. The van der Waals surface area contributed by atoms with Gasteiger partial charge in [-0.2, -0.15) is 0 Å². The Hall–Kier alpha value is -0.560. The van der Waals surface area contributed by atoms with Crippen LogP contribution in [0.2, 0.25) is 0 Å². The van der Waals surface area contributed by atoms with Crippen molar-refractivity contribution in [2.75, 3.05) is 0 Å². The van der Waals surface area contributed by atoms with Crippen molar-refractivity contribution in [1.29, 1.82) is 0 Å². The molecule has 0 saturated carbocycles. The second kappa shape index (κ2) is 7.11. The van der Waals surface area contributed by atoms with Gasteiger partial charge in [0.15, 0.2) is 0 Å². The molecule has 0 aliphatic heterocycles. The summed E-state index contributed by atoms with van der Waals surface area (Å²) in [6.45, 7) is 9.52. The molecule has 1 nitrogen and oxygen atoms in total. The Kier molecular flexibility index (Phi) is 6.78. The second-order valence-electron chi connectivity index (χ2n) is 3.22. The molecule has 0 saturated heterocycles. The van der Waals surface area contributed by atoms with Gasteiger partial charge in [0.1, 0.15) is 0 Å². The molecule has 1 atom stereocenters. The van der Waals surface area contributed by atoms with Crippen molar-refractivity contribution < 1.29 is 5.11 Å². The first kappa shape index (κ1) is 11.4. The van der Waals surface area contributed by atoms with E-state index in [1.807, 2.05) is 0 Å². The van der Waals surface area contributed by atoms with E-state index in [1.54, 1.807) is 6.08 Å². The average Bonchev–Trinajstić information content (AvgIpc) is 2.05. The van der Waals surface area contributed by atoms with Crippen LogP contribution in [0.3, 0.4) is 0 Å². The van der Waals surface area contributed by atoms with E-state index in [2.05, 4.69) is 20.1 Å². The van der Waals surface area contributed by atoms with Crippen molar-refractivity contribution in [3.63, 3.8) is 0 Å². The lowest BCUT2D eigenvalue weighted by Crippen LogP contribution is -2.06. The maximum Gasteiger partial charge on any atom is 0.0580 e. The lowest BCUT2D eigenvalue weighted by molar-refractivity contribution is 0.162. The van der Waals surface area contributed by atoms with Gasteiger partial charge in [-0.25, -0.2) is 0 Å². The van der Waals surface area contributed by atoms with Gasteiger partial charge in [-0.15, -0.1) is 0 Å². The van der Waals surface area contributed by atoms with Gasteiger partial charge in [0.2, 0.25) is 0 Å². The fourth-order valence-electron chi connectivity index (χ4n) is 1.12. The standard InChI is InChI=1S/C11H20O/c1-4-6-7-8-11(12)9-10(3)5-2/h5,11-12H,2-4,6-9H2,1H3. The fourth-order valence-corrected chi connectivity index (χ4v) is 1.12. The minimum atomic E-state index is -0.220. The third-order valence-electron chi connectivity index (χ3n) is 1.93. The number of rotatable bonds is 7. The molecule has 0 aromatic rings. The van der Waals surface area contributed by atoms with Gasteiger partial charge in [-0.1, -0.05) is 51.0 Å². The van der Waals surface area contributed by atoms with Gasteiger partial charge < -0.3 is 5.11 Å². The maximum absolute atomic E-state index is 9.47. The fraction of sp³-hybridized carbons (Fsp3) is 0.636. The first-order chi connectivity index (χ1) is 5.70. The van der Waals surface area contributed by atoms with Crippen molar-refractivity contribution in [2.45, 2.75) is 45.1 Å². The molecule has 0 aromatic carbocycles. The van der Waals surface area contributed by atoms with E-state index in [-0.39, 0.29) is 6.10 Å². The lowest BCUT2D eigenvalue weighted by atomic mass is 10.0. The zero-order chi connectivity index (χ0) is 9.40. The number of aliphatic hydroxyl groups is 1. The predicted molar refractivity (Wildman–Crippen MR) is 54.1 cm³/mol. The van der Waals surface area contributed by atoms with Crippen LogP contribution in [-0.2, 0) is 0 Å². The van der Waals surface area contributed by atoms with Crippen LogP contribution in [-0.4, -0.2) is 11.2 Å². The summed E-state index contributed by atoms with van der Waals surface area (Å²) in [7, 11) is 0. The highest BCUT2D eigenvalue weighted by Crippen LogP contribution is 2.10. The summed E-state index contributed by atoms with van der Waals surface area (Å²) in [4.78, 5) is 0. The molecule has 0 rings (SSSR count). The Morgan fingerprint density at radius 3 is 2.67 bits per heavy atom. The minimum absolute atomic E-state index is 0.220. The predicted octanol–water partition coefficient (Wildman–Crippen LogP) is 3.06. The van der Waals surface area contributed by atoms with Crippen LogP contribution in [0.4, 0.5) is 0 Å². The van der Waals surface area contributed by atoms with Gasteiger partial charge in [-0.3, -0.25) is 0 Å². The maximum atomic E-state index is 9.47. The highest BCUT2D eigenvalue weighted by Gasteiger charge is 2.03. The molecule has 70 valence electrons. The zero-order valence-corrected chi connectivity index (χ0v) is 8.05. The van der Waals surface area contributed by atoms with Crippen LogP contribution in [0.1, 0.15) is 39.0 Å². The van der Waals surface area contributed by atoms with Crippen LogP contribution in [0.5, 0.6) is 0 Å². The molecule has 0 aliphatic rings. The molecular formula is C11H20O. The Labute approximate surface area is 75.8 Å². The van der Waals surface area contributed by atoms with Crippen molar-refractivity contribution in [1.82, 2.24) is 0 Å². The SMILES string of the molecule is C=CC(=C)CC(O)CCCCC. The van der Waals surface area contributed by atoms with Crippen molar-refractivity contribution >= 4 is 0 Å². The number of unbranched alkanes of at least 4 members (excludes halogenated alkanes) is 2. The largest absolute Gasteiger partial charge is 0.393 e. The Morgan fingerprint density at radius 1 is 1.50 bits per heavy atom. The van der Waals surface area contributed by atoms with E-state index >= 15 is 0 Å². The van der Waals surface area contributed by atoms with Crippen LogP contribution in [0, 0.1) is 0 Å². The van der Waals surface area contributed by atoms with E-state index in [0.29, 0.717) is 6.42 Å². The van der Waals surface area contributed by atoms with Crippen molar-refractivity contribution in [2.24, 2.45) is 0 Å². The van der Waals surface area contributed by atoms with Crippen molar-refractivity contribution in [3.8, 4) is 0 Å². The summed E-state index contributed by atoms with van der Waals surface area (Å²) in [6, 6.07) is 0. The molecule has 12 heavy (non-hydrogen) atoms. The first-order valence-electron chi connectivity index (χ1n) is 4.69. The van der Waals surface area contributed by atoms with E-state index in [1.165, 1.54) is 12.8 Å². The monoisotopic (exact) mass is 168 g/mol. The molecule has 0 aromatic heterocycles. The average molecular weight is 168 g/mol. The van der Waals surface area contributed by atoms with E-state index in [0.717, 1.165) is 18.4 Å². The van der Waals surface area contributed by atoms with Gasteiger partial charge in [0, 0.05) is 0 Å². The molecule has 0 bridgehead atoms. The van der Waals surface area contributed by atoms with Gasteiger partial charge in [0.05, 0.1) is 6.10 Å². The molecule has 0 aliphatic carbocycles. The molecule has 0 amide bonds. The first-order valence-corrected chi connectivity index (χ1v) is 4.69. The van der Waals surface area contributed by atoms with Gasteiger partial charge >= 0.3 is 0 Å². The Morgan fingerprint density at radius 2 is 2.17 bits per heavy atom. The van der Waals surface area contributed by atoms with Gasteiger partial charge in [0.25, 0.3) is 0 Å². The van der Waals surface area contributed by atoms with Crippen LogP contribution < -0.4 is 0 Å². The number of hydrogen-bond donors (Lipinski definition) is 1. The summed E-state index contributed by atoms with van der Waals surface area (Å²) in [5.41, 5.74) is 0.930. The third kappa shape index (κ3) is 6.17. The van der Waals surface area contributed by atoms with Crippen molar-refractivity contribution in [3.05, 3.63) is 24.8 Å². The number of allylic oxidation sites excluding steroid dienone is 1. The quantitative estimate of drug-likeness (QED) is 0.457. The van der Waals surface area contributed by atoms with Crippen LogP contribution in [0.25, 0.3) is 0 Å². The second-order valence-corrected chi connectivity index (χ2v) is 3.22. The molecule has 0 radical (unpaired) electrons. The summed E-state index contributed by atoms with van der Waals surface area (Å²) < 4.78 is 0. The van der Waals surface area contributed by atoms with Gasteiger partial charge in [-0.05, 0) is 12.8 Å². The normalized spacial score (nSPS) is 12.5. The van der Waals surface area contributed by atoms with E-state index in [9.17, 15) is 5.11 Å². The third-order valence-corrected chi connectivity index (χ3v) is 1.93. The smallest absolute Gasteiger partial charge is 0.0580 e. The molecule has 1 heteroatoms. The summed E-state index contributed by atoms with van der Waals surface area (Å²) in [6.07, 6.45) is 6.58. The zero-order valence-electron chi connectivity index (χ0n) is 8.05. The molecule has 1 unspecified atom stereocenters. The molecule has 0 heterocycles. The molecule has 0 fully saturated rings. The Balaban J connectivity index is 3.38. The molecule has 1 N–H and O–H groups in total. The van der Waals surface area contributed by atoms with Crippen LogP contribution in [0.15, 0.2) is 24.8 Å². The number of hydrogen-bond acceptors (Lipinski definition) is 1. The van der Waals surface area contributed by atoms with E-state index in [4.69, 9.17) is 0 Å².